The zero-order valence-corrected chi connectivity index (χ0v) is 9.86. The Kier molecular flexibility index (Phi) is 2.74. The molecule has 18 heavy (non-hydrogen) atoms. The van der Waals surface area contributed by atoms with Gasteiger partial charge in [0, 0.05) is 23.7 Å². The quantitative estimate of drug-likeness (QED) is 0.689. The first-order chi connectivity index (χ1) is 8.69. The third kappa shape index (κ3) is 1.77. The predicted molar refractivity (Wildman–Crippen MR) is 68.0 cm³/mol. The van der Waals surface area contributed by atoms with Gasteiger partial charge in [-0.15, -0.1) is 0 Å². The number of nitrogen functional groups attached to an aromatic ring is 1. The SMILES string of the molecule is Nc1ccc2c(ccn2[C@H]2C[C@H](O)[C@@H](CO)O2)c1. The maximum absolute atomic E-state index is 9.76. The summed E-state index contributed by atoms with van der Waals surface area (Å²) in [6.45, 7) is -0.163. The van der Waals surface area contributed by atoms with Gasteiger partial charge in [-0.1, -0.05) is 0 Å². The van der Waals surface area contributed by atoms with Gasteiger partial charge >= 0.3 is 0 Å². The molecule has 0 saturated carbocycles. The largest absolute Gasteiger partial charge is 0.399 e. The van der Waals surface area contributed by atoms with E-state index in [-0.39, 0.29) is 12.8 Å². The molecule has 2 heterocycles. The summed E-state index contributed by atoms with van der Waals surface area (Å²) in [4.78, 5) is 0. The third-order valence-electron chi connectivity index (χ3n) is 3.44. The lowest BCUT2D eigenvalue weighted by Gasteiger charge is -2.15. The van der Waals surface area contributed by atoms with E-state index in [9.17, 15) is 5.11 Å². The Hall–Kier alpha value is -1.56. The van der Waals surface area contributed by atoms with Crippen LogP contribution in [0.25, 0.3) is 10.9 Å². The predicted octanol–water partition coefficient (Wildman–Crippen LogP) is 0.864. The van der Waals surface area contributed by atoms with Gasteiger partial charge in [0.1, 0.15) is 12.3 Å². The number of aromatic nitrogens is 1. The van der Waals surface area contributed by atoms with Gasteiger partial charge in [-0.05, 0) is 24.3 Å². The van der Waals surface area contributed by atoms with Crippen LogP contribution in [0.1, 0.15) is 12.6 Å². The molecule has 0 unspecified atom stereocenters. The molecule has 2 aromatic rings. The van der Waals surface area contributed by atoms with Crippen molar-refractivity contribution < 1.29 is 14.9 Å². The van der Waals surface area contributed by atoms with Gasteiger partial charge in [0.25, 0.3) is 0 Å². The van der Waals surface area contributed by atoms with Gasteiger partial charge in [0.15, 0.2) is 0 Å². The number of nitrogens with two attached hydrogens (primary N) is 1. The molecule has 1 aliphatic heterocycles. The van der Waals surface area contributed by atoms with E-state index < -0.39 is 12.2 Å². The number of anilines is 1. The van der Waals surface area contributed by atoms with Crippen LogP contribution >= 0.6 is 0 Å². The summed E-state index contributed by atoms with van der Waals surface area (Å²) >= 11 is 0. The van der Waals surface area contributed by atoms with Crippen LogP contribution in [0, 0.1) is 0 Å². The molecule has 0 aliphatic carbocycles. The lowest BCUT2D eigenvalue weighted by molar-refractivity contribution is -0.0428. The number of nitrogens with zero attached hydrogens (tertiary/aromatic N) is 1. The van der Waals surface area contributed by atoms with E-state index in [1.165, 1.54) is 0 Å². The molecule has 5 nitrogen and oxygen atoms in total. The van der Waals surface area contributed by atoms with Crippen molar-refractivity contribution in [1.82, 2.24) is 4.57 Å². The molecular formula is C13H16N2O3. The Bertz CT molecular complexity index is 566. The van der Waals surface area contributed by atoms with Crippen molar-refractivity contribution >= 4 is 16.6 Å². The second kappa shape index (κ2) is 4.28. The molecule has 4 N–H and O–H groups in total. The van der Waals surface area contributed by atoms with Crippen molar-refractivity contribution in [2.24, 2.45) is 0 Å². The lowest BCUT2D eigenvalue weighted by Crippen LogP contribution is -2.24. The van der Waals surface area contributed by atoms with Gasteiger partial charge in [-0.3, -0.25) is 0 Å². The third-order valence-corrected chi connectivity index (χ3v) is 3.44. The normalized spacial score (nSPS) is 28.0. The highest BCUT2D eigenvalue weighted by atomic mass is 16.5. The minimum absolute atomic E-state index is 0.163. The Balaban J connectivity index is 1.96. The Morgan fingerprint density at radius 3 is 2.94 bits per heavy atom. The molecule has 1 aliphatic rings. The average Bonchev–Trinajstić information content (AvgIpc) is 2.91. The second-order valence-corrected chi connectivity index (χ2v) is 4.66. The van der Waals surface area contributed by atoms with Crippen molar-refractivity contribution in [3.05, 3.63) is 30.5 Å². The molecule has 0 bridgehead atoms. The lowest BCUT2D eigenvalue weighted by atomic mass is 10.2. The first-order valence-electron chi connectivity index (χ1n) is 5.99. The van der Waals surface area contributed by atoms with Gasteiger partial charge in [-0.25, -0.2) is 0 Å². The molecule has 0 spiro atoms. The summed E-state index contributed by atoms with van der Waals surface area (Å²) in [6.07, 6.45) is 1.05. The summed E-state index contributed by atoms with van der Waals surface area (Å²) in [5.41, 5.74) is 7.48. The molecule has 1 aromatic carbocycles. The number of aliphatic hydroxyl groups excluding tert-OH is 2. The highest BCUT2D eigenvalue weighted by Gasteiger charge is 2.34. The topological polar surface area (TPSA) is 80.6 Å². The van der Waals surface area contributed by atoms with Crippen LogP contribution in [0.5, 0.6) is 0 Å². The smallest absolute Gasteiger partial charge is 0.137 e. The van der Waals surface area contributed by atoms with E-state index in [0.29, 0.717) is 6.42 Å². The van der Waals surface area contributed by atoms with E-state index in [2.05, 4.69) is 0 Å². The van der Waals surface area contributed by atoms with Crippen LogP contribution < -0.4 is 5.73 Å². The average molecular weight is 248 g/mol. The standard InChI is InChI=1S/C13H16N2O3/c14-9-1-2-10-8(5-9)3-4-15(10)13-6-11(17)12(7-16)18-13/h1-5,11-13,16-17H,6-7,14H2/t11-,12+,13+/m0/s1. The molecule has 96 valence electrons. The summed E-state index contributed by atoms with van der Waals surface area (Å²) in [5, 5.41) is 19.9. The van der Waals surface area contributed by atoms with Crippen molar-refractivity contribution in [1.29, 1.82) is 0 Å². The maximum atomic E-state index is 9.76. The molecule has 1 fully saturated rings. The monoisotopic (exact) mass is 248 g/mol. The number of fused-ring (bicyclic) bond motifs is 1. The van der Waals surface area contributed by atoms with E-state index in [1.54, 1.807) is 0 Å². The molecule has 1 aromatic heterocycles. The van der Waals surface area contributed by atoms with Crippen LogP contribution in [0.4, 0.5) is 5.69 Å². The van der Waals surface area contributed by atoms with E-state index in [1.807, 2.05) is 35.0 Å². The van der Waals surface area contributed by atoms with E-state index in [0.717, 1.165) is 16.6 Å². The number of benzene rings is 1. The van der Waals surface area contributed by atoms with Crippen molar-refractivity contribution in [2.75, 3.05) is 12.3 Å². The number of hydrogen-bond donors (Lipinski definition) is 3. The minimum atomic E-state index is -0.619. The summed E-state index contributed by atoms with van der Waals surface area (Å²) in [5.74, 6) is 0. The number of rotatable bonds is 2. The Morgan fingerprint density at radius 1 is 1.39 bits per heavy atom. The van der Waals surface area contributed by atoms with Gasteiger partial charge < -0.3 is 25.3 Å². The molecule has 1 saturated heterocycles. The summed E-state index contributed by atoms with van der Waals surface area (Å²) < 4.78 is 7.60. The zero-order valence-electron chi connectivity index (χ0n) is 9.86. The highest BCUT2D eigenvalue weighted by molar-refractivity contribution is 5.83. The first-order valence-corrected chi connectivity index (χ1v) is 5.99. The van der Waals surface area contributed by atoms with Gasteiger partial charge in [0.05, 0.1) is 18.2 Å². The molecule has 0 amide bonds. The fourth-order valence-electron chi connectivity index (χ4n) is 2.48. The van der Waals surface area contributed by atoms with Crippen LogP contribution in [-0.2, 0) is 4.74 Å². The van der Waals surface area contributed by atoms with E-state index in [4.69, 9.17) is 15.6 Å². The van der Waals surface area contributed by atoms with Crippen molar-refractivity contribution in [3.63, 3.8) is 0 Å². The molecule has 5 heteroatoms. The summed E-state index contributed by atoms with van der Waals surface area (Å²) in [7, 11) is 0. The number of aliphatic hydroxyl groups is 2. The van der Waals surface area contributed by atoms with Crippen molar-refractivity contribution in [2.45, 2.75) is 24.9 Å². The summed E-state index contributed by atoms with van der Waals surface area (Å²) in [6, 6.07) is 7.65. The maximum Gasteiger partial charge on any atom is 0.137 e. The van der Waals surface area contributed by atoms with Gasteiger partial charge in [0.2, 0.25) is 0 Å². The first kappa shape index (κ1) is 11.5. The second-order valence-electron chi connectivity index (χ2n) is 4.66. The van der Waals surface area contributed by atoms with Crippen LogP contribution in [0.2, 0.25) is 0 Å². The fourth-order valence-corrected chi connectivity index (χ4v) is 2.48. The van der Waals surface area contributed by atoms with Crippen molar-refractivity contribution in [3.8, 4) is 0 Å². The molecular weight excluding hydrogens is 232 g/mol. The van der Waals surface area contributed by atoms with E-state index >= 15 is 0 Å². The molecule has 0 radical (unpaired) electrons. The van der Waals surface area contributed by atoms with Crippen LogP contribution in [-0.4, -0.2) is 33.6 Å². The zero-order chi connectivity index (χ0) is 12.7. The fraction of sp³-hybridized carbons (Fsp3) is 0.385. The van der Waals surface area contributed by atoms with Gasteiger partial charge in [-0.2, -0.15) is 0 Å². The minimum Gasteiger partial charge on any atom is -0.399 e. The van der Waals surface area contributed by atoms with Crippen LogP contribution in [0.3, 0.4) is 0 Å². The Morgan fingerprint density at radius 2 is 2.22 bits per heavy atom. The number of ether oxygens (including phenoxy) is 1. The molecule has 3 atom stereocenters. The number of hydrogen-bond acceptors (Lipinski definition) is 4. The highest BCUT2D eigenvalue weighted by Crippen LogP contribution is 2.32. The van der Waals surface area contributed by atoms with Crippen LogP contribution in [0.15, 0.2) is 30.5 Å². The Labute approximate surface area is 104 Å². The molecule has 3 rings (SSSR count).